The lowest BCUT2D eigenvalue weighted by atomic mass is 9.77. The number of thiophene rings is 1. The molecule has 2 aromatic rings. The summed E-state index contributed by atoms with van der Waals surface area (Å²) in [6.45, 7) is 1.89. The van der Waals surface area contributed by atoms with E-state index in [1.165, 1.54) is 22.4 Å². The molecule has 1 atom stereocenters. The Bertz CT molecular complexity index is 595. The smallest absolute Gasteiger partial charge is 0.100 e. The fourth-order valence-electron chi connectivity index (χ4n) is 2.45. The number of nitriles is 1. The molecule has 3 heteroatoms. The monoisotopic (exact) mass is 254 g/mol. The van der Waals surface area contributed by atoms with E-state index in [-0.39, 0.29) is 0 Å². The minimum Gasteiger partial charge on any atom is -0.311 e. The van der Waals surface area contributed by atoms with Crippen molar-refractivity contribution in [3.05, 3.63) is 57.3 Å². The molecule has 2 nitrogen and oxygen atoms in total. The number of hydrogen-bond acceptors (Lipinski definition) is 3. The van der Waals surface area contributed by atoms with Crippen LogP contribution in [0.5, 0.6) is 0 Å². The number of hydrogen-bond donors (Lipinski definition) is 1. The number of fused-ring (bicyclic) bond motifs is 1. The molecule has 0 saturated heterocycles. The number of nitrogens with one attached hydrogen (secondary N) is 1. The first-order valence-electron chi connectivity index (χ1n) is 6.13. The van der Waals surface area contributed by atoms with E-state index in [4.69, 9.17) is 5.26 Å². The van der Waals surface area contributed by atoms with Crippen LogP contribution in [-0.2, 0) is 13.0 Å². The van der Waals surface area contributed by atoms with E-state index < -0.39 is 0 Å². The summed E-state index contributed by atoms with van der Waals surface area (Å²) < 4.78 is 0. The number of rotatable bonds is 4. The summed E-state index contributed by atoms with van der Waals surface area (Å²) in [6, 6.07) is 12.8. The molecule has 1 aliphatic rings. The highest BCUT2D eigenvalue weighted by molar-refractivity contribution is 7.10. The van der Waals surface area contributed by atoms with Gasteiger partial charge < -0.3 is 5.32 Å². The summed E-state index contributed by atoms with van der Waals surface area (Å²) >= 11 is 1.65. The minimum atomic E-state index is 0.664. The lowest BCUT2D eigenvalue weighted by Crippen LogP contribution is -2.28. The van der Waals surface area contributed by atoms with Gasteiger partial charge in [-0.05, 0) is 23.6 Å². The molecule has 18 heavy (non-hydrogen) atoms. The molecule has 0 aliphatic heterocycles. The topological polar surface area (TPSA) is 35.8 Å². The zero-order valence-electron chi connectivity index (χ0n) is 10.0. The van der Waals surface area contributed by atoms with Gasteiger partial charge in [0.1, 0.15) is 6.07 Å². The molecule has 1 N–H and O–H groups in total. The third kappa shape index (κ3) is 2.17. The van der Waals surface area contributed by atoms with E-state index in [1.807, 2.05) is 11.4 Å². The van der Waals surface area contributed by atoms with Crippen LogP contribution in [0.3, 0.4) is 0 Å². The molecule has 0 bridgehead atoms. The Morgan fingerprint density at radius 1 is 1.39 bits per heavy atom. The Labute approximate surface area is 111 Å². The van der Waals surface area contributed by atoms with Crippen molar-refractivity contribution >= 4 is 11.3 Å². The van der Waals surface area contributed by atoms with Crippen LogP contribution in [0.4, 0.5) is 0 Å². The largest absolute Gasteiger partial charge is 0.311 e. The van der Waals surface area contributed by atoms with E-state index in [0.29, 0.717) is 5.92 Å². The second-order valence-corrected chi connectivity index (χ2v) is 5.64. The molecule has 90 valence electrons. The Kier molecular flexibility index (Phi) is 3.14. The van der Waals surface area contributed by atoms with Crippen molar-refractivity contribution in [3.8, 4) is 6.07 Å². The van der Waals surface area contributed by atoms with Crippen LogP contribution in [0.2, 0.25) is 0 Å². The normalized spacial score (nSPS) is 16.7. The van der Waals surface area contributed by atoms with Gasteiger partial charge in [0.2, 0.25) is 0 Å². The summed E-state index contributed by atoms with van der Waals surface area (Å²) in [5, 5.41) is 14.2. The molecular weight excluding hydrogens is 240 g/mol. The Hall–Kier alpha value is -1.63. The predicted molar refractivity (Wildman–Crippen MR) is 73.6 cm³/mol. The predicted octanol–water partition coefficient (Wildman–Crippen LogP) is 3.05. The zero-order chi connectivity index (χ0) is 12.4. The van der Waals surface area contributed by atoms with Gasteiger partial charge in [0.15, 0.2) is 0 Å². The van der Waals surface area contributed by atoms with Crippen molar-refractivity contribution in [1.82, 2.24) is 5.32 Å². The lowest BCUT2D eigenvalue weighted by Gasteiger charge is -2.30. The molecule has 1 heterocycles. The molecule has 0 radical (unpaired) electrons. The van der Waals surface area contributed by atoms with Crippen LogP contribution < -0.4 is 5.32 Å². The van der Waals surface area contributed by atoms with E-state index in [0.717, 1.165) is 18.7 Å². The van der Waals surface area contributed by atoms with Crippen molar-refractivity contribution in [2.24, 2.45) is 0 Å². The first-order valence-corrected chi connectivity index (χ1v) is 7.01. The molecular formula is C15H14N2S. The third-order valence-electron chi connectivity index (χ3n) is 3.43. The van der Waals surface area contributed by atoms with Crippen LogP contribution in [-0.4, -0.2) is 6.54 Å². The van der Waals surface area contributed by atoms with Crippen LogP contribution in [0.25, 0.3) is 0 Å². The van der Waals surface area contributed by atoms with Crippen molar-refractivity contribution in [2.75, 3.05) is 6.54 Å². The fraction of sp³-hybridized carbons (Fsp3) is 0.267. The van der Waals surface area contributed by atoms with Gasteiger partial charge in [-0.15, -0.1) is 11.3 Å². The van der Waals surface area contributed by atoms with Crippen molar-refractivity contribution in [2.45, 2.75) is 18.9 Å². The quantitative estimate of drug-likeness (QED) is 0.910. The number of nitrogens with zero attached hydrogens (tertiary/aromatic N) is 1. The van der Waals surface area contributed by atoms with Gasteiger partial charge >= 0.3 is 0 Å². The first kappa shape index (κ1) is 11.5. The summed E-state index contributed by atoms with van der Waals surface area (Å²) in [7, 11) is 0. The molecule has 1 aromatic carbocycles. The van der Waals surface area contributed by atoms with Crippen LogP contribution in [0.15, 0.2) is 35.7 Å². The first-order chi connectivity index (χ1) is 8.86. The van der Waals surface area contributed by atoms with Crippen LogP contribution in [0, 0.1) is 11.3 Å². The van der Waals surface area contributed by atoms with E-state index in [2.05, 4.69) is 35.7 Å². The van der Waals surface area contributed by atoms with Gasteiger partial charge in [-0.2, -0.15) is 5.26 Å². The Balaban J connectivity index is 1.51. The maximum atomic E-state index is 8.76. The van der Waals surface area contributed by atoms with Crippen LogP contribution in [0.1, 0.15) is 27.5 Å². The van der Waals surface area contributed by atoms with Crippen LogP contribution >= 0.6 is 11.3 Å². The van der Waals surface area contributed by atoms with Gasteiger partial charge in [-0.1, -0.05) is 24.3 Å². The van der Waals surface area contributed by atoms with Gasteiger partial charge in [-0.25, -0.2) is 0 Å². The summed E-state index contributed by atoms with van der Waals surface area (Å²) in [6.07, 6.45) is 1.19. The SMILES string of the molecule is N#Cc1csc(CNCC2Cc3ccccc32)c1. The maximum absolute atomic E-state index is 8.76. The van der Waals surface area contributed by atoms with Crippen molar-refractivity contribution in [3.63, 3.8) is 0 Å². The Morgan fingerprint density at radius 2 is 2.28 bits per heavy atom. The molecule has 1 unspecified atom stereocenters. The van der Waals surface area contributed by atoms with Gasteiger partial charge in [0.05, 0.1) is 5.56 Å². The molecule has 3 rings (SSSR count). The average Bonchev–Trinajstić information content (AvgIpc) is 2.83. The summed E-state index contributed by atoms with van der Waals surface area (Å²) in [5.41, 5.74) is 3.76. The highest BCUT2D eigenvalue weighted by Gasteiger charge is 2.24. The molecule has 0 saturated carbocycles. The van der Waals surface area contributed by atoms with E-state index >= 15 is 0 Å². The summed E-state index contributed by atoms with van der Waals surface area (Å²) in [4.78, 5) is 1.24. The number of benzene rings is 1. The van der Waals surface area contributed by atoms with Gasteiger partial charge in [0, 0.05) is 29.3 Å². The van der Waals surface area contributed by atoms with Gasteiger partial charge in [0.25, 0.3) is 0 Å². The van der Waals surface area contributed by atoms with Gasteiger partial charge in [-0.3, -0.25) is 0 Å². The van der Waals surface area contributed by atoms with E-state index in [1.54, 1.807) is 11.3 Å². The standard InChI is InChI=1S/C15H14N2S/c16-7-11-5-14(18-10-11)9-17-8-13-6-12-3-1-2-4-15(12)13/h1-5,10,13,17H,6,8-9H2. The second-order valence-electron chi connectivity index (χ2n) is 4.64. The lowest BCUT2D eigenvalue weighted by molar-refractivity contribution is 0.537. The minimum absolute atomic E-state index is 0.664. The third-order valence-corrected chi connectivity index (χ3v) is 4.37. The molecule has 0 spiro atoms. The van der Waals surface area contributed by atoms with Crippen molar-refractivity contribution < 1.29 is 0 Å². The molecule has 0 fully saturated rings. The fourth-order valence-corrected chi connectivity index (χ4v) is 3.23. The highest BCUT2D eigenvalue weighted by atomic mass is 32.1. The second kappa shape index (κ2) is 4.93. The maximum Gasteiger partial charge on any atom is 0.100 e. The average molecular weight is 254 g/mol. The van der Waals surface area contributed by atoms with Crippen molar-refractivity contribution in [1.29, 1.82) is 5.26 Å². The molecule has 1 aromatic heterocycles. The van der Waals surface area contributed by atoms with E-state index in [9.17, 15) is 0 Å². The Morgan fingerprint density at radius 3 is 3.06 bits per heavy atom. The summed E-state index contributed by atoms with van der Waals surface area (Å²) in [5.74, 6) is 0.664. The molecule has 0 amide bonds. The molecule has 1 aliphatic carbocycles. The zero-order valence-corrected chi connectivity index (χ0v) is 10.8. The highest BCUT2D eigenvalue weighted by Crippen LogP contribution is 2.34.